The van der Waals surface area contributed by atoms with Crippen LogP contribution in [0, 0.1) is 23.7 Å². The molecule has 0 saturated heterocycles. The normalized spacial score (nSPS) is 12.1. The van der Waals surface area contributed by atoms with Gasteiger partial charge in [0.1, 0.15) is 23.0 Å². The van der Waals surface area contributed by atoms with Crippen molar-refractivity contribution in [1.82, 2.24) is 24.4 Å². The van der Waals surface area contributed by atoms with E-state index in [1.165, 1.54) is 12.1 Å². The smallest absolute Gasteiger partial charge is 0.190 e. The van der Waals surface area contributed by atoms with Crippen LogP contribution in [0.3, 0.4) is 0 Å². The van der Waals surface area contributed by atoms with Crippen molar-refractivity contribution in [2.24, 2.45) is 7.05 Å². The highest BCUT2D eigenvalue weighted by Gasteiger charge is 2.21. The number of anilines is 1. The van der Waals surface area contributed by atoms with Crippen molar-refractivity contribution in [3.8, 4) is 17.3 Å². The first-order valence-electron chi connectivity index (χ1n) is 10.3. The van der Waals surface area contributed by atoms with Crippen LogP contribution in [-0.4, -0.2) is 52.5 Å². The van der Waals surface area contributed by atoms with Crippen LogP contribution >= 0.6 is 0 Å². The summed E-state index contributed by atoms with van der Waals surface area (Å²) in [7, 11) is 5.27. The predicted molar refractivity (Wildman–Crippen MR) is 124 cm³/mol. The molecule has 3 heterocycles. The fourth-order valence-corrected chi connectivity index (χ4v) is 3.97. The fourth-order valence-electron chi connectivity index (χ4n) is 3.97. The molecule has 1 aromatic carbocycles. The van der Waals surface area contributed by atoms with E-state index in [1.807, 2.05) is 22.2 Å². The maximum Gasteiger partial charge on any atom is 0.190 e. The highest BCUT2D eigenvalue weighted by molar-refractivity contribution is 6.07. The van der Waals surface area contributed by atoms with Gasteiger partial charge in [-0.2, -0.15) is 5.26 Å². The van der Waals surface area contributed by atoms with Gasteiger partial charge < -0.3 is 19.2 Å². The van der Waals surface area contributed by atoms with Crippen molar-refractivity contribution in [3.63, 3.8) is 0 Å². The third-order valence-corrected chi connectivity index (χ3v) is 5.46. The molecule has 0 amide bonds. The van der Waals surface area contributed by atoms with Gasteiger partial charge in [0.25, 0.3) is 0 Å². The first-order valence-corrected chi connectivity index (χ1v) is 10.3. The maximum absolute atomic E-state index is 14.3. The second-order valence-electron chi connectivity index (χ2n) is 7.58. The van der Waals surface area contributed by atoms with E-state index in [0.29, 0.717) is 41.4 Å². The van der Waals surface area contributed by atoms with E-state index in [1.54, 1.807) is 26.6 Å². The molecule has 168 valence electrons. The van der Waals surface area contributed by atoms with Gasteiger partial charge in [0.05, 0.1) is 37.6 Å². The molecule has 9 nitrogen and oxygen atoms in total. The van der Waals surface area contributed by atoms with E-state index >= 15 is 0 Å². The number of hydrogen-bond acceptors (Lipinski definition) is 6. The molecule has 0 radical (unpaired) electrons. The Labute approximate surface area is 190 Å². The molecule has 0 spiro atoms. The average molecular weight is 446 g/mol. The number of nitriles is 1. The van der Waals surface area contributed by atoms with Crippen LogP contribution in [-0.2, 0) is 18.3 Å². The van der Waals surface area contributed by atoms with Crippen LogP contribution in [0.4, 0.5) is 15.9 Å². The van der Waals surface area contributed by atoms with E-state index in [0.717, 1.165) is 10.9 Å². The summed E-state index contributed by atoms with van der Waals surface area (Å²) in [5.41, 5.74) is 3.61. The summed E-state index contributed by atoms with van der Waals surface area (Å²) in [5.74, 6) is 0.103. The molecule has 0 aliphatic heterocycles. The van der Waals surface area contributed by atoms with Crippen molar-refractivity contribution in [2.45, 2.75) is 12.6 Å². The van der Waals surface area contributed by atoms with Gasteiger partial charge in [-0.05, 0) is 29.8 Å². The highest BCUT2D eigenvalue weighted by atomic mass is 19.1. The first-order chi connectivity index (χ1) is 16.0. The summed E-state index contributed by atoms with van der Waals surface area (Å²) in [6, 6.07) is 7.88. The summed E-state index contributed by atoms with van der Waals surface area (Å²) in [6.07, 6.45) is 1.72. The van der Waals surface area contributed by atoms with Crippen LogP contribution in [0.15, 0.2) is 30.6 Å². The van der Waals surface area contributed by atoms with E-state index in [2.05, 4.69) is 26.5 Å². The zero-order valence-electron chi connectivity index (χ0n) is 18.6. The zero-order chi connectivity index (χ0) is 23.5. The molecular formula is C23H23FN8O. The molecule has 4 rings (SSSR count). The number of aryl methyl sites for hydroxylation is 1. The standard InChI is InChI=1S/C23H23FN8O/c1-26-16-8-14(7-15(24)9-16)19-10-18-21-20(29-13-31(21)3)22(27-2)30-23(18)32(19)12-17(11-25)28-5-6-33-4/h7-10,13,17,28H,5-6,12H2,2-4H3,(H,27,30). The summed E-state index contributed by atoms with van der Waals surface area (Å²) in [6.45, 7) is 8.56. The van der Waals surface area contributed by atoms with Gasteiger partial charge in [-0.3, -0.25) is 5.32 Å². The number of benzene rings is 1. The Morgan fingerprint density at radius 2 is 2.15 bits per heavy atom. The van der Waals surface area contributed by atoms with Crippen molar-refractivity contribution in [2.75, 3.05) is 32.6 Å². The first kappa shape index (κ1) is 22.2. The van der Waals surface area contributed by atoms with E-state index < -0.39 is 11.9 Å². The van der Waals surface area contributed by atoms with Crippen LogP contribution in [0.1, 0.15) is 0 Å². The molecule has 0 aliphatic rings. The fraction of sp³-hybridized carbons (Fsp3) is 0.304. The lowest BCUT2D eigenvalue weighted by Crippen LogP contribution is -2.34. The number of nitrogens with one attached hydrogen (secondary N) is 2. The van der Waals surface area contributed by atoms with Crippen LogP contribution in [0.5, 0.6) is 0 Å². The predicted octanol–water partition coefficient (Wildman–Crippen LogP) is 3.45. The summed E-state index contributed by atoms with van der Waals surface area (Å²) in [5, 5.41) is 16.8. The Hall–Kier alpha value is -3.99. The number of aromatic nitrogens is 4. The quantitative estimate of drug-likeness (QED) is 0.318. The second kappa shape index (κ2) is 9.25. The van der Waals surface area contributed by atoms with Gasteiger partial charge in [0, 0.05) is 38.8 Å². The minimum absolute atomic E-state index is 0.200. The zero-order valence-corrected chi connectivity index (χ0v) is 18.6. The molecular weight excluding hydrogens is 423 g/mol. The van der Waals surface area contributed by atoms with Crippen molar-refractivity contribution in [3.05, 3.63) is 47.8 Å². The average Bonchev–Trinajstić information content (AvgIpc) is 3.38. The van der Waals surface area contributed by atoms with Gasteiger partial charge >= 0.3 is 0 Å². The van der Waals surface area contributed by atoms with Crippen molar-refractivity contribution < 1.29 is 9.13 Å². The number of nitrogens with zero attached hydrogens (tertiary/aromatic N) is 6. The molecule has 10 heteroatoms. The van der Waals surface area contributed by atoms with Gasteiger partial charge in [-0.15, -0.1) is 0 Å². The van der Waals surface area contributed by atoms with E-state index in [9.17, 15) is 9.65 Å². The lowest BCUT2D eigenvalue weighted by molar-refractivity contribution is 0.197. The lowest BCUT2D eigenvalue weighted by Gasteiger charge is -2.16. The molecule has 0 saturated carbocycles. The minimum atomic E-state index is -0.537. The number of imidazole rings is 1. The van der Waals surface area contributed by atoms with Crippen LogP contribution in [0.25, 0.3) is 38.2 Å². The topological polar surface area (TPSA) is 97.1 Å². The molecule has 1 unspecified atom stereocenters. The molecule has 4 aromatic rings. The molecule has 1 atom stereocenters. The Morgan fingerprint density at radius 3 is 2.85 bits per heavy atom. The summed E-state index contributed by atoms with van der Waals surface area (Å²) >= 11 is 0. The van der Waals surface area contributed by atoms with E-state index in [4.69, 9.17) is 16.3 Å². The largest absolute Gasteiger partial charge is 0.383 e. The van der Waals surface area contributed by atoms with Gasteiger partial charge in [-0.25, -0.2) is 19.2 Å². The Morgan fingerprint density at radius 1 is 1.33 bits per heavy atom. The van der Waals surface area contributed by atoms with Gasteiger partial charge in [-0.1, -0.05) is 0 Å². The SMILES string of the molecule is [C-]#[N+]c1cc(F)cc(-c2cc3c4c(ncn4C)c(NC)nc3n2CC(C#N)NCCOC)c1. The molecule has 33 heavy (non-hydrogen) atoms. The lowest BCUT2D eigenvalue weighted by atomic mass is 10.1. The Bertz CT molecular complexity index is 1410. The highest BCUT2D eigenvalue weighted by Crippen LogP contribution is 2.35. The molecule has 0 aliphatic carbocycles. The maximum atomic E-state index is 14.3. The Balaban J connectivity index is 1.98. The number of halogens is 1. The number of methoxy groups -OCH3 is 1. The third kappa shape index (κ3) is 4.10. The minimum Gasteiger partial charge on any atom is -0.383 e. The number of fused-ring (bicyclic) bond motifs is 3. The van der Waals surface area contributed by atoms with Gasteiger partial charge in [0.15, 0.2) is 11.5 Å². The number of hydrogen-bond donors (Lipinski definition) is 2. The molecule has 0 bridgehead atoms. The number of ether oxygens (including phenoxy) is 1. The number of pyridine rings is 1. The number of rotatable bonds is 8. The molecule has 0 fully saturated rings. The Kier molecular flexibility index (Phi) is 6.22. The monoisotopic (exact) mass is 446 g/mol. The van der Waals surface area contributed by atoms with Crippen molar-refractivity contribution >= 4 is 33.6 Å². The second-order valence-corrected chi connectivity index (χ2v) is 7.58. The van der Waals surface area contributed by atoms with E-state index in [-0.39, 0.29) is 12.2 Å². The van der Waals surface area contributed by atoms with Crippen LogP contribution in [0.2, 0.25) is 0 Å². The van der Waals surface area contributed by atoms with Gasteiger partial charge in [0.2, 0.25) is 0 Å². The molecule has 2 N–H and O–H groups in total. The summed E-state index contributed by atoms with van der Waals surface area (Å²) < 4.78 is 23.2. The summed E-state index contributed by atoms with van der Waals surface area (Å²) in [4.78, 5) is 12.7. The third-order valence-electron chi connectivity index (χ3n) is 5.46. The molecule has 3 aromatic heterocycles. The van der Waals surface area contributed by atoms with Crippen LogP contribution < -0.4 is 10.6 Å². The van der Waals surface area contributed by atoms with Crippen molar-refractivity contribution in [1.29, 1.82) is 5.26 Å².